The summed E-state index contributed by atoms with van der Waals surface area (Å²) in [4.78, 5) is 4.11. The number of guanidine groups is 1. The Morgan fingerprint density at radius 2 is 1.96 bits per heavy atom. The van der Waals surface area contributed by atoms with E-state index >= 15 is 0 Å². The first-order valence-corrected chi connectivity index (χ1v) is 8.77. The summed E-state index contributed by atoms with van der Waals surface area (Å²) in [6.07, 6.45) is -0.940. The van der Waals surface area contributed by atoms with Gasteiger partial charge in [-0.05, 0) is 31.2 Å². The molecule has 154 valence electrons. The van der Waals surface area contributed by atoms with E-state index < -0.39 is 12.8 Å². The first-order chi connectivity index (χ1) is 12.5. The molecule has 5 nitrogen and oxygen atoms in total. The second kappa shape index (κ2) is 12.3. The van der Waals surface area contributed by atoms with Gasteiger partial charge in [-0.15, -0.1) is 24.0 Å². The lowest BCUT2D eigenvalue weighted by molar-refractivity contribution is -0.153. The maximum absolute atomic E-state index is 12.3. The summed E-state index contributed by atoms with van der Waals surface area (Å²) in [6, 6.07) is 6.64. The van der Waals surface area contributed by atoms with Gasteiger partial charge in [-0.25, -0.2) is 0 Å². The lowest BCUT2D eigenvalue weighted by Crippen LogP contribution is -2.37. The molecule has 1 aromatic rings. The van der Waals surface area contributed by atoms with Crippen molar-refractivity contribution in [1.29, 1.82) is 0 Å². The number of para-hydroxylation sites is 1. The number of halogens is 4. The molecule has 27 heavy (non-hydrogen) atoms. The van der Waals surface area contributed by atoms with Crippen molar-refractivity contribution in [3.63, 3.8) is 0 Å². The van der Waals surface area contributed by atoms with Gasteiger partial charge in [-0.1, -0.05) is 18.2 Å². The molecule has 2 N–H and O–H groups in total. The summed E-state index contributed by atoms with van der Waals surface area (Å²) in [5.74, 6) is 1.55. The SMILES string of the molecule is CN=C(NCCCOCC1CC1)NCc1ccccc1OCC(F)(F)F.I. The molecule has 0 radical (unpaired) electrons. The average Bonchev–Trinajstić information content (AvgIpc) is 3.43. The summed E-state index contributed by atoms with van der Waals surface area (Å²) in [7, 11) is 1.64. The van der Waals surface area contributed by atoms with Crippen molar-refractivity contribution in [2.45, 2.75) is 32.0 Å². The predicted molar refractivity (Wildman–Crippen MR) is 110 cm³/mol. The molecule has 1 fully saturated rings. The molecular formula is C18H27F3IN3O2. The minimum absolute atomic E-state index is 0. The van der Waals surface area contributed by atoms with Gasteiger partial charge in [0, 0.05) is 38.9 Å². The zero-order chi connectivity index (χ0) is 18.8. The third kappa shape index (κ3) is 10.6. The molecule has 1 aliphatic carbocycles. The zero-order valence-electron chi connectivity index (χ0n) is 15.3. The monoisotopic (exact) mass is 501 g/mol. The molecule has 9 heteroatoms. The Morgan fingerprint density at radius 3 is 2.63 bits per heavy atom. The van der Waals surface area contributed by atoms with E-state index in [1.54, 1.807) is 25.2 Å². The lowest BCUT2D eigenvalue weighted by atomic mass is 10.2. The van der Waals surface area contributed by atoms with Crippen LogP contribution in [-0.2, 0) is 11.3 Å². The minimum atomic E-state index is -4.36. The van der Waals surface area contributed by atoms with Crippen LogP contribution in [0.2, 0.25) is 0 Å². The average molecular weight is 501 g/mol. The second-order valence-corrected chi connectivity index (χ2v) is 6.24. The van der Waals surface area contributed by atoms with Crippen LogP contribution in [0.5, 0.6) is 5.75 Å². The van der Waals surface area contributed by atoms with E-state index in [0.717, 1.165) is 18.9 Å². The van der Waals surface area contributed by atoms with Gasteiger partial charge in [-0.3, -0.25) is 4.99 Å². The van der Waals surface area contributed by atoms with Gasteiger partial charge in [-0.2, -0.15) is 13.2 Å². The normalized spacial score (nSPS) is 14.4. The predicted octanol–water partition coefficient (Wildman–Crippen LogP) is 3.73. The Morgan fingerprint density at radius 1 is 1.22 bits per heavy atom. The van der Waals surface area contributed by atoms with Crippen molar-refractivity contribution in [3.05, 3.63) is 29.8 Å². The number of nitrogens with one attached hydrogen (secondary N) is 2. The maximum atomic E-state index is 12.3. The molecular weight excluding hydrogens is 474 g/mol. The number of hydrogen-bond acceptors (Lipinski definition) is 3. The molecule has 0 aliphatic heterocycles. The highest BCUT2D eigenvalue weighted by molar-refractivity contribution is 14.0. The van der Waals surface area contributed by atoms with Crippen molar-refractivity contribution >= 4 is 29.9 Å². The zero-order valence-corrected chi connectivity index (χ0v) is 17.7. The van der Waals surface area contributed by atoms with Crippen LogP contribution in [0.4, 0.5) is 13.2 Å². The number of alkyl halides is 3. The smallest absolute Gasteiger partial charge is 0.422 e. The summed E-state index contributed by atoms with van der Waals surface area (Å²) >= 11 is 0. The van der Waals surface area contributed by atoms with Crippen LogP contribution in [0.15, 0.2) is 29.3 Å². The van der Waals surface area contributed by atoms with Gasteiger partial charge in [0.25, 0.3) is 0 Å². The first-order valence-electron chi connectivity index (χ1n) is 8.77. The number of hydrogen-bond donors (Lipinski definition) is 2. The Balaban J connectivity index is 0.00000364. The van der Waals surface area contributed by atoms with E-state index in [4.69, 9.17) is 9.47 Å². The van der Waals surface area contributed by atoms with E-state index in [1.165, 1.54) is 18.9 Å². The fourth-order valence-electron chi connectivity index (χ4n) is 2.27. The van der Waals surface area contributed by atoms with Crippen molar-refractivity contribution in [2.75, 3.05) is 33.4 Å². The van der Waals surface area contributed by atoms with Crippen molar-refractivity contribution in [3.8, 4) is 5.75 Å². The van der Waals surface area contributed by atoms with Crippen LogP contribution in [0.3, 0.4) is 0 Å². The number of ether oxygens (including phenoxy) is 2. The van der Waals surface area contributed by atoms with E-state index in [0.29, 0.717) is 31.2 Å². The topological polar surface area (TPSA) is 54.9 Å². The number of rotatable bonds is 10. The Bertz CT molecular complexity index is 581. The van der Waals surface area contributed by atoms with Crippen molar-refractivity contribution < 1.29 is 22.6 Å². The van der Waals surface area contributed by atoms with E-state index in [-0.39, 0.29) is 29.7 Å². The molecule has 1 aliphatic rings. The van der Waals surface area contributed by atoms with Gasteiger partial charge in [0.15, 0.2) is 12.6 Å². The van der Waals surface area contributed by atoms with Crippen LogP contribution in [0.1, 0.15) is 24.8 Å². The van der Waals surface area contributed by atoms with Crippen LogP contribution in [0, 0.1) is 5.92 Å². The molecule has 2 rings (SSSR count). The molecule has 0 saturated heterocycles. The molecule has 0 spiro atoms. The highest BCUT2D eigenvalue weighted by Crippen LogP contribution is 2.28. The molecule has 0 aromatic heterocycles. The highest BCUT2D eigenvalue weighted by Gasteiger charge is 2.28. The number of nitrogens with zero attached hydrogens (tertiary/aromatic N) is 1. The summed E-state index contributed by atoms with van der Waals surface area (Å²) in [6.45, 7) is 1.26. The van der Waals surface area contributed by atoms with E-state index in [1.807, 2.05) is 0 Å². The fourth-order valence-corrected chi connectivity index (χ4v) is 2.27. The van der Waals surface area contributed by atoms with E-state index in [9.17, 15) is 13.2 Å². The molecule has 0 bridgehead atoms. The summed E-state index contributed by atoms with van der Waals surface area (Å²) in [5.41, 5.74) is 0.632. The lowest BCUT2D eigenvalue weighted by Gasteiger charge is -2.15. The van der Waals surface area contributed by atoms with Crippen LogP contribution < -0.4 is 15.4 Å². The highest BCUT2D eigenvalue weighted by atomic mass is 127. The third-order valence-electron chi connectivity index (χ3n) is 3.84. The van der Waals surface area contributed by atoms with Gasteiger partial charge in [0.05, 0.1) is 0 Å². The van der Waals surface area contributed by atoms with Gasteiger partial charge in [0.2, 0.25) is 0 Å². The Labute approximate surface area is 175 Å². The largest absolute Gasteiger partial charge is 0.484 e. The number of aliphatic imine (C=N–C) groups is 1. The molecule has 1 aromatic carbocycles. The summed E-state index contributed by atoms with van der Waals surface area (Å²) in [5, 5.41) is 6.24. The molecule has 0 amide bonds. The van der Waals surface area contributed by atoms with Gasteiger partial charge in [0.1, 0.15) is 5.75 Å². The first kappa shape index (κ1) is 23.8. The van der Waals surface area contributed by atoms with Crippen molar-refractivity contribution in [1.82, 2.24) is 10.6 Å². The maximum Gasteiger partial charge on any atom is 0.422 e. The van der Waals surface area contributed by atoms with E-state index in [2.05, 4.69) is 15.6 Å². The quantitative estimate of drug-likeness (QED) is 0.222. The molecule has 1 saturated carbocycles. The Kier molecular flexibility index (Phi) is 10.8. The standard InChI is InChI=1S/C18H26F3N3O2.HI/c1-22-17(23-9-4-10-25-12-14-7-8-14)24-11-15-5-2-3-6-16(15)26-13-18(19,20)21;/h2-3,5-6,14H,4,7-13H2,1H3,(H2,22,23,24);1H. The molecule has 0 atom stereocenters. The van der Waals surface area contributed by atoms with Crippen LogP contribution in [-0.4, -0.2) is 45.5 Å². The van der Waals surface area contributed by atoms with Gasteiger partial charge >= 0.3 is 6.18 Å². The summed E-state index contributed by atoms with van der Waals surface area (Å²) < 4.78 is 47.5. The van der Waals surface area contributed by atoms with Crippen LogP contribution >= 0.6 is 24.0 Å². The minimum Gasteiger partial charge on any atom is -0.484 e. The molecule has 0 unspecified atom stereocenters. The van der Waals surface area contributed by atoms with Crippen LogP contribution in [0.25, 0.3) is 0 Å². The molecule has 0 heterocycles. The Hall–Kier alpha value is -1.23. The second-order valence-electron chi connectivity index (χ2n) is 6.24. The van der Waals surface area contributed by atoms with Crippen molar-refractivity contribution in [2.24, 2.45) is 10.9 Å². The van der Waals surface area contributed by atoms with Gasteiger partial charge < -0.3 is 20.1 Å². The third-order valence-corrected chi connectivity index (χ3v) is 3.84. The fraction of sp³-hybridized carbons (Fsp3) is 0.611. The number of benzene rings is 1.